The molecule has 0 unspecified atom stereocenters. The van der Waals surface area contributed by atoms with Gasteiger partial charge in [-0.3, -0.25) is 0 Å². The van der Waals surface area contributed by atoms with Crippen molar-refractivity contribution in [3.63, 3.8) is 0 Å². The van der Waals surface area contributed by atoms with Crippen LogP contribution in [0.1, 0.15) is 5.56 Å². The highest BCUT2D eigenvalue weighted by atomic mass is 32.2. The van der Waals surface area contributed by atoms with E-state index in [1.165, 1.54) is 23.5 Å². The highest BCUT2D eigenvalue weighted by molar-refractivity contribution is 7.90. The highest BCUT2D eigenvalue weighted by Gasteiger charge is 2.16. The van der Waals surface area contributed by atoms with E-state index >= 15 is 0 Å². The largest absolute Gasteiger partial charge is 0.224 e. The van der Waals surface area contributed by atoms with Crippen LogP contribution < -0.4 is 0 Å². The van der Waals surface area contributed by atoms with Crippen molar-refractivity contribution in [2.45, 2.75) is 4.90 Å². The van der Waals surface area contributed by atoms with E-state index in [2.05, 4.69) is 6.07 Å². The molecule has 24 heavy (non-hydrogen) atoms. The average Bonchev–Trinajstić information content (AvgIpc) is 3.03. The number of nitriles is 1. The summed E-state index contributed by atoms with van der Waals surface area (Å²) >= 11 is 1.46. The predicted molar refractivity (Wildman–Crippen MR) is 93.0 cm³/mol. The van der Waals surface area contributed by atoms with Crippen molar-refractivity contribution in [1.82, 2.24) is 0 Å². The molecular weight excluding hydrogens is 345 g/mol. The molecule has 0 atom stereocenters. The van der Waals surface area contributed by atoms with E-state index in [0.29, 0.717) is 11.1 Å². The first kappa shape index (κ1) is 16.4. The van der Waals surface area contributed by atoms with Gasteiger partial charge in [-0.05, 0) is 46.2 Å². The van der Waals surface area contributed by atoms with Crippen LogP contribution in [0.15, 0.2) is 58.1 Å². The number of hydrogen-bond acceptors (Lipinski definition) is 4. The molecule has 2 aromatic carbocycles. The fourth-order valence-corrected chi connectivity index (χ4v) is 4.06. The van der Waals surface area contributed by atoms with Crippen LogP contribution in [0.25, 0.3) is 22.3 Å². The van der Waals surface area contributed by atoms with Gasteiger partial charge in [-0.2, -0.15) is 16.6 Å². The van der Waals surface area contributed by atoms with E-state index in [1.807, 2.05) is 16.8 Å². The van der Waals surface area contributed by atoms with Gasteiger partial charge in [0.25, 0.3) is 0 Å². The summed E-state index contributed by atoms with van der Waals surface area (Å²) in [7, 11) is -3.60. The van der Waals surface area contributed by atoms with Crippen LogP contribution in [0.3, 0.4) is 0 Å². The van der Waals surface area contributed by atoms with Crippen LogP contribution in [0.5, 0.6) is 0 Å². The summed E-state index contributed by atoms with van der Waals surface area (Å²) in [5.41, 5.74) is 3.68. The topological polar surface area (TPSA) is 57.9 Å². The molecule has 3 rings (SSSR count). The number of hydrogen-bond donors (Lipinski definition) is 0. The first-order valence-corrected chi connectivity index (χ1v) is 9.80. The molecule has 0 radical (unpaired) electrons. The van der Waals surface area contributed by atoms with Crippen LogP contribution in [0.4, 0.5) is 4.39 Å². The number of halogens is 1. The number of nitrogens with zero attached hydrogens (tertiary/aromatic N) is 1. The van der Waals surface area contributed by atoms with Gasteiger partial charge in [0.2, 0.25) is 0 Å². The van der Waals surface area contributed by atoms with Crippen molar-refractivity contribution < 1.29 is 12.8 Å². The van der Waals surface area contributed by atoms with Crippen molar-refractivity contribution in [2.24, 2.45) is 0 Å². The van der Waals surface area contributed by atoms with Crippen LogP contribution >= 0.6 is 11.3 Å². The molecule has 1 heterocycles. The van der Waals surface area contributed by atoms with E-state index in [4.69, 9.17) is 5.26 Å². The molecule has 0 fully saturated rings. The van der Waals surface area contributed by atoms with E-state index in [-0.39, 0.29) is 4.90 Å². The molecule has 0 saturated heterocycles. The van der Waals surface area contributed by atoms with Gasteiger partial charge in [-0.1, -0.05) is 18.2 Å². The molecule has 1 aromatic heterocycles. The number of benzene rings is 2. The van der Waals surface area contributed by atoms with E-state index in [0.717, 1.165) is 22.9 Å². The third-order valence-corrected chi connectivity index (χ3v) is 5.48. The van der Waals surface area contributed by atoms with Crippen molar-refractivity contribution in [3.8, 4) is 28.3 Å². The Balaban J connectivity index is 2.11. The second-order valence-corrected chi connectivity index (χ2v) is 8.04. The normalized spacial score (nSPS) is 11.2. The molecule has 120 valence electrons. The zero-order valence-corrected chi connectivity index (χ0v) is 14.3. The van der Waals surface area contributed by atoms with Crippen LogP contribution in [0.2, 0.25) is 0 Å². The molecule has 3 aromatic rings. The summed E-state index contributed by atoms with van der Waals surface area (Å²) in [6, 6.07) is 13.4. The number of thiophene rings is 1. The molecule has 0 aliphatic rings. The summed E-state index contributed by atoms with van der Waals surface area (Å²) in [6.45, 7) is 0. The van der Waals surface area contributed by atoms with Gasteiger partial charge in [0.05, 0.1) is 11.6 Å². The molecule has 0 amide bonds. The fourth-order valence-electron chi connectivity index (χ4n) is 2.47. The second kappa shape index (κ2) is 6.19. The maximum absolute atomic E-state index is 14.2. The zero-order chi connectivity index (χ0) is 17.3. The third kappa shape index (κ3) is 3.09. The molecule has 3 nitrogen and oxygen atoms in total. The monoisotopic (exact) mass is 357 g/mol. The van der Waals surface area contributed by atoms with Crippen LogP contribution in [0, 0.1) is 17.1 Å². The lowest BCUT2D eigenvalue weighted by molar-refractivity contribution is 0.571. The Kier molecular flexibility index (Phi) is 4.22. The van der Waals surface area contributed by atoms with Crippen LogP contribution in [-0.2, 0) is 9.84 Å². The van der Waals surface area contributed by atoms with Gasteiger partial charge < -0.3 is 0 Å². The summed E-state index contributed by atoms with van der Waals surface area (Å²) in [4.78, 5) is -0.311. The van der Waals surface area contributed by atoms with E-state index in [9.17, 15) is 12.8 Å². The highest BCUT2D eigenvalue weighted by Crippen LogP contribution is 2.36. The molecule has 0 bridgehead atoms. The smallest absolute Gasteiger partial charge is 0.178 e. The number of sulfone groups is 1. The minimum absolute atomic E-state index is 0.311. The van der Waals surface area contributed by atoms with E-state index < -0.39 is 15.7 Å². The van der Waals surface area contributed by atoms with Crippen LogP contribution in [-0.4, -0.2) is 14.7 Å². The van der Waals surface area contributed by atoms with Crippen molar-refractivity contribution in [3.05, 3.63) is 64.6 Å². The van der Waals surface area contributed by atoms with Gasteiger partial charge in [-0.15, -0.1) is 0 Å². The zero-order valence-electron chi connectivity index (χ0n) is 12.7. The molecule has 6 heteroatoms. The SMILES string of the molecule is CS(=O)(=O)c1ccc(-c2cscc2-c2cccc(C#N)c2)cc1F. The Hall–Kier alpha value is -2.49. The Morgan fingerprint density at radius 2 is 1.71 bits per heavy atom. The van der Waals surface area contributed by atoms with Gasteiger partial charge in [0.15, 0.2) is 9.84 Å². The minimum Gasteiger partial charge on any atom is -0.224 e. The maximum Gasteiger partial charge on any atom is 0.178 e. The standard InChI is InChI=1S/C18H12FNO2S2/c1-24(21,22)18-6-5-14(8-17(18)19)16-11-23-10-15(16)13-4-2-3-12(7-13)9-20/h2-8,10-11H,1H3. The predicted octanol–water partition coefficient (Wildman–Crippen LogP) is 4.50. The first-order chi connectivity index (χ1) is 11.4. The third-order valence-electron chi connectivity index (χ3n) is 3.61. The lowest BCUT2D eigenvalue weighted by Crippen LogP contribution is -2.00. The number of rotatable bonds is 3. The first-order valence-electron chi connectivity index (χ1n) is 6.97. The maximum atomic E-state index is 14.2. The van der Waals surface area contributed by atoms with Gasteiger partial charge in [0, 0.05) is 17.4 Å². The molecular formula is C18H12FNO2S2. The molecule has 0 aliphatic heterocycles. The van der Waals surface area contributed by atoms with Gasteiger partial charge in [0.1, 0.15) is 10.7 Å². The Bertz CT molecular complexity index is 1060. The fraction of sp³-hybridized carbons (Fsp3) is 0.0556. The summed E-state index contributed by atoms with van der Waals surface area (Å²) in [6.07, 6.45) is 0.981. The second-order valence-electron chi connectivity index (χ2n) is 5.31. The van der Waals surface area contributed by atoms with Crippen molar-refractivity contribution in [2.75, 3.05) is 6.26 Å². The summed E-state index contributed by atoms with van der Waals surface area (Å²) in [5, 5.41) is 12.8. The molecule has 0 N–H and O–H groups in total. The summed E-state index contributed by atoms with van der Waals surface area (Å²) < 4.78 is 37.3. The Labute approximate surface area is 143 Å². The average molecular weight is 357 g/mol. The lowest BCUT2D eigenvalue weighted by Gasteiger charge is -2.07. The van der Waals surface area contributed by atoms with E-state index in [1.54, 1.807) is 24.3 Å². The molecule has 0 saturated carbocycles. The summed E-state index contributed by atoms with van der Waals surface area (Å²) in [5.74, 6) is -0.766. The van der Waals surface area contributed by atoms with Gasteiger partial charge in [-0.25, -0.2) is 12.8 Å². The Morgan fingerprint density at radius 1 is 1.04 bits per heavy atom. The Morgan fingerprint density at radius 3 is 2.29 bits per heavy atom. The molecule has 0 spiro atoms. The molecule has 0 aliphatic carbocycles. The lowest BCUT2D eigenvalue weighted by atomic mass is 9.98. The quantitative estimate of drug-likeness (QED) is 0.694. The van der Waals surface area contributed by atoms with Gasteiger partial charge >= 0.3 is 0 Å². The van der Waals surface area contributed by atoms with Crippen molar-refractivity contribution in [1.29, 1.82) is 5.26 Å². The minimum atomic E-state index is -3.60. The van der Waals surface area contributed by atoms with Crippen molar-refractivity contribution >= 4 is 21.2 Å².